The Bertz CT molecular complexity index is 476. The summed E-state index contributed by atoms with van der Waals surface area (Å²) >= 11 is 0. The molecule has 0 unspecified atom stereocenters. The van der Waals surface area contributed by atoms with Gasteiger partial charge in [-0.05, 0) is 19.8 Å². The van der Waals surface area contributed by atoms with Crippen molar-refractivity contribution in [3.8, 4) is 0 Å². The first-order valence-electron chi connectivity index (χ1n) is 5.95. The maximum atomic E-state index is 12.2. The number of sulfonamides is 1. The predicted molar refractivity (Wildman–Crippen MR) is 68.7 cm³/mol. The fourth-order valence-corrected chi connectivity index (χ4v) is 3.22. The summed E-state index contributed by atoms with van der Waals surface area (Å²) in [5.74, 6) is 0.623. The molecule has 0 amide bonds. The van der Waals surface area contributed by atoms with E-state index in [2.05, 4.69) is 9.71 Å². The molecule has 0 aliphatic rings. The largest absolute Gasteiger partial charge is 0.394 e. The zero-order chi connectivity index (χ0) is 14.0. The first-order chi connectivity index (χ1) is 8.30. The van der Waals surface area contributed by atoms with Gasteiger partial charge in [0.2, 0.25) is 0 Å². The Kier molecular flexibility index (Phi) is 4.52. The van der Waals surface area contributed by atoms with Gasteiger partial charge in [-0.15, -0.1) is 0 Å². The number of aryl methyl sites for hydroxylation is 2. The second kappa shape index (κ2) is 5.38. The number of rotatable bonds is 6. The highest BCUT2D eigenvalue weighted by atomic mass is 32.2. The predicted octanol–water partition coefficient (Wildman–Crippen LogP) is 0.558. The number of imidazole rings is 1. The van der Waals surface area contributed by atoms with Crippen LogP contribution in [-0.2, 0) is 17.1 Å². The molecule has 1 rings (SSSR count). The summed E-state index contributed by atoms with van der Waals surface area (Å²) in [6.45, 7) is 5.18. The molecule has 0 aromatic carbocycles. The summed E-state index contributed by atoms with van der Waals surface area (Å²) in [4.78, 5) is 4.00. The van der Waals surface area contributed by atoms with Gasteiger partial charge in [-0.2, -0.15) is 0 Å². The summed E-state index contributed by atoms with van der Waals surface area (Å²) in [5, 5.41) is 9.38. The molecule has 1 heterocycles. The molecular weight excluding hydrogens is 254 g/mol. The molecule has 2 N–H and O–H groups in total. The number of hydrogen-bond donors (Lipinski definition) is 2. The third-order valence-corrected chi connectivity index (χ3v) is 4.82. The van der Waals surface area contributed by atoms with E-state index < -0.39 is 15.6 Å². The van der Waals surface area contributed by atoms with Crippen molar-refractivity contribution >= 4 is 10.0 Å². The molecule has 0 saturated heterocycles. The van der Waals surface area contributed by atoms with Gasteiger partial charge in [-0.1, -0.05) is 13.8 Å². The smallest absolute Gasteiger partial charge is 0.260 e. The van der Waals surface area contributed by atoms with E-state index in [0.717, 1.165) is 0 Å². The Morgan fingerprint density at radius 1 is 1.44 bits per heavy atom. The van der Waals surface area contributed by atoms with Crippen molar-refractivity contribution in [1.29, 1.82) is 0 Å². The van der Waals surface area contributed by atoms with Crippen LogP contribution >= 0.6 is 0 Å². The zero-order valence-corrected chi connectivity index (χ0v) is 12.1. The molecule has 6 nitrogen and oxygen atoms in total. The lowest BCUT2D eigenvalue weighted by molar-refractivity contribution is 0.172. The lowest BCUT2D eigenvalue weighted by Gasteiger charge is -2.29. The summed E-state index contributed by atoms with van der Waals surface area (Å²) < 4.78 is 28.6. The van der Waals surface area contributed by atoms with Crippen molar-refractivity contribution in [2.24, 2.45) is 7.05 Å². The van der Waals surface area contributed by atoms with Crippen LogP contribution < -0.4 is 4.72 Å². The van der Waals surface area contributed by atoms with Crippen LogP contribution in [0.25, 0.3) is 0 Å². The van der Waals surface area contributed by atoms with E-state index >= 15 is 0 Å². The average molecular weight is 275 g/mol. The van der Waals surface area contributed by atoms with E-state index in [0.29, 0.717) is 18.7 Å². The van der Waals surface area contributed by atoms with Crippen LogP contribution in [0.5, 0.6) is 0 Å². The molecule has 0 aliphatic carbocycles. The molecule has 7 heteroatoms. The molecule has 0 radical (unpaired) electrons. The van der Waals surface area contributed by atoms with Crippen LogP contribution in [-0.4, -0.2) is 35.2 Å². The second-order valence-electron chi connectivity index (χ2n) is 4.49. The monoisotopic (exact) mass is 275 g/mol. The number of nitrogens with one attached hydrogen (secondary N) is 1. The number of aliphatic hydroxyl groups excluding tert-OH is 1. The minimum atomic E-state index is -3.70. The Morgan fingerprint density at radius 3 is 2.33 bits per heavy atom. The lowest BCUT2D eigenvalue weighted by atomic mass is 9.96. The van der Waals surface area contributed by atoms with Gasteiger partial charge in [0.1, 0.15) is 5.82 Å². The van der Waals surface area contributed by atoms with Crippen molar-refractivity contribution in [3.63, 3.8) is 0 Å². The van der Waals surface area contributed by atoms with Gasteiger partial charge in [0, 0.05) is 13.2 Å². The quantitative estimate of drug-likeness (QED) is 0.794. The molecule has 18 heavy (non-hydrogen) atoms. The van der Waals surface area contributed by atoms with E-state index in [1.165, 1.54) is 6.20 Å². The van der Waals surface area contributed by atoms with E-state index in [9.17, 15) is 13.5 Å². The van der Waals surface area contributed by atoms with Crippen LogP contribution in [0.2, 0.25) is 0 Å². The molecule has 0 bridgehead atoms. The normalized spacial score (nSPS) is 12.9. The standard InChI is InChI=1S/C11H21N3O3S/c1-5-11(6-2,8-15)13-18(16,17)10-7-14(4)9(3)12-10/h7,13,15H,5-6,8H2,1-4H3. The highest BCUT2D eigenvalue weighted by molar-refractivity contribution is 7.89. The third-order valence-electron chi connectivity index (χ3n) is 3.37. The number of hydrogen-bond acceptors (Lipinski definition) is 4. The van der Waals surface area contributed by atoms with Crippen LogP contribution in [0.3, 0.4) is 0 Å². The van der Waals surface area contributed by atoms with Gasteiger partial charge in [0.25, 0.3) is 10.0 Å². The fourth-order valence-electron chi connectivity index (χ4n) is 1.64. The Hall–Kier alpha value is -0.920. The third kappa shape index (κ3) is 2.90. The van der Waals surface area contributed by atoms with E-state index in [1.807, 2.05) is 13.8 Å². The Morgan fingerprint density at radius 2 is 2.00 bits per heavy atom. The van der Waals surface area contributed by atoms with Gasteiger partial charge in [-0.25, -0.2) is 18.1 Å². The number of aromatic nitrogens is 2. The first-order valence-corrected chi connectivity index (χ1v) is 7.43. The lowest BCUT2D eigenvalue weighted by Crippen LogP contribution is -2.50. The van der Waals surface area contributed by atoms with Crippen molar-refractivity contribution in [1.82, 2.24) is 14.3 Å². The second-order valence-corrected chi connectivity index (χ2v) is 6.12. The molecule has 0 atom stereocenters. The fraction of sp³-hybridized carbons (Fsp3) is 0.727. The van der Waals surface area contributed by atoms with Gasteiger partial charge in [0.05, 0.1) is 12.1 Å². The minimum absolute atomic E-state index is 0.0118. The zero-order valence-electron chi connectivity index (χ0n) is 11.3. The van der Waals surface area contributed by atoms with Gasteiger partial charge in [-0.3, -0.25) is 0 Å². The summed E-state index contributed by atoms with van der Waals surface area (Å²) in [7, 11) is -1.96. The van der Waals surface area contributed by atoms with Crippen molar-refractivity contribution in [2.45, 2.75) is 44.2 Å². The van der Waals surface area contributed by atoms with Crippen LogP contribution in [0.1, 0.15) is 32.5 Å². The molecule has 0 spiro atoms. The topological polar surface area (TPSA) is 84.2 Å². The number of aliphatic hydroxyl groups is 1. The molecule has 0 saturated carbocycles. The van der Waals surface area contributed by atoms with Crippen LogP contribution in [0.4, 0.5) is 0 Å². The van der Waals surface area contributed by atoms with Gasteiger partial charge >= 0.3 is 0 Å². The summed E-state index contributed by atoms with van der Waals surface area (Å²) in [5.41, 5.74) is -0.815. The maximum Gasteiger partial charge on any atom is 0.260 e. The van der Waals surface area contributed by atoms with Gasteiger partial charge < -0.3 is 9.67 Å². The Balaban J connectivity index is 3.08. The molecule has 0 fully saturated rings. The summed E-state index contributed by atoms with van der Waals surface area (Å²) in [6.07, 6.45) is 2.50. The molecule has 0 aliphatic heterocycles. The van der Waals surface area contributed by atoms with Gasteiger partial charge in [0.15, 0.2) is 5.03 Å². The van der Waals surface area contributed by atoms with Crippen LogP contribution in [0, 0.1) is 6.92 Å². The first kappa shape index (κ1) is 15.1. The molecule has 1 aromatic heterocycles. The Labute approximate surface area is 108 Å². The van der Waals surface area contributed by atoms with Crippen molar-refractivity contribution < 1.29 is 13.5 Å². The van der Waals surface area contributed by atoms with Crippen molar-refractivity contribution in [2.75, 3.05) is 6.61 Å². The highest BCUT2D eigenvalue weighted by Crippen LogP contribution is 2.18. The molecular formula is C11H21N3O3S. The summed E-state index contributed by atoms with van der Waals surface area (Å²) in [6, 6.07) is 0. The van der Waals surface area contributed by atoms with E-state index in [4.69, 9.17) is 0 Å². The highest BCUT2D eigenvalue weighted by Gasteiger charge is 2.32. The number of nitrogens with zero attached hydrogens (tertiary/aromatic N) is 2. The average Bonchev–Trinajstić information content (AvgIpc) is 2.68. The van der Waals surface area contributed by atoms with Crippen molar-refractivity contribution in [3.05, 3.63) is 12.0 Å². The molecule has 104 valence electrons. The SMILES string of the molecule is CCC(CC)(CO)NS(=O)(=O)c1cn(C)c(C)n1. The van der Waals surface area contributed by atoms with E-state index in [1.54, 1.807) is 18.5 Å². The maximum absolute atomic E-state index is 12.2. The molecule has 1 aromatic rings. The van der Waals surface area contributed by atoms with E-state index in [-0.39, 0.29) is 11.6 Å². The minimum Gasteiger partial charge on any atom is -0.394 e. The van der Waals surface area contributed by atoms with Crippen LogP contribution in [0.15, 0.2) is 11.2 Å².